The van der Waals surface area contributed by atoms with Crippen molar-refractivity contribution in [2.45, 2.75) is 13.0 Å². The Morgan fingerprint density at radius 2 is 1.83 bits per heavy atom. The Bertz CT molecular complexity index is 1030. The largest absolute Gasteiger partial charge is 0.337 e. The monoisotopic (exact) mass is 410 g/mol. The summed E-state index contributed by atoms with van der Waals surface area (Å²) in [7, 11) is 1.69. The molecule has 30 heavy (non-hydrogen) atoms. The molecule has 0 bridgehead atoms. The molecule has 7 heteroatoms. The maximum Gasteiger partial charge on any atom is 0.257 e. The summed E-state index contributed by atoms with van der Waals surface area (Å²) >= 11 is 0. The van der Waals surface area contributed by atoms with Gasteiger partial charge in [-0.3, -0.25) is 14.4 Å². The number of benzene rings is 2. The van der Waals surface area contributed by atoms with Crippen LogP contribution < -0.4 is 0 Å². The zero-order valence-electron chi connectivity index (χ0n) is 16.9. The molecule has 1 aliphatic heterocycles. The van der Waals surface area contributed by atoms with Crippen molar-refractivity contribution in [3.8, 4) is 11.3 Å². The zero-order chi connectivity index (χ0) is 21.1. The van der Waals surface area contributed by atoms with Gasteiger partial charge in [-0.2, -0.15) is 5.10 Å². The number of aromatic nitrogens is 2. The molecule has 0 atom stereocenters. The standard InChI is InChI=1S/C23H24F2N4O/c1-27-16-20(22(26-27)19-9-8-18(24)14-21(19)25)23(30)29-11-5-10-28(12-13-29)15-17-6-3-2-4-7-17/h2-4,6-9,14,16H,5,10-13,15H2,1H3. The van der Waals surface area contributed by atoms with E-state index >= 15 is 0 Å². The predicted octanol–water partition coefficient (Wildman–Crippen LogP) is 3.71. The average molecular weight is 410 g/mol. The number of nitrogens with zero attached hydrogens (tertiary/aromatic N) is 4. The Balaban J connectivity index is 1.51. The Hall–Kier alpha value is -3.06. The number of halogens is 2. The molecule has 156 valence electrons. The lowest BCUT2D eigenvalue weighted by Gasteiger charge is -2.22. The van der Waals surface area contributed by atoms with Crippen LogP contribution in [0.25, 0.3) is 11.3 Å². The predicted molar refractivity (Wildman–Crippen MR) is 111 cm³/mol. The van der Waals surface area contributed by atoms with E-state index in [2.05, 4.69) is 22.1 Å². The topological polar surface area (TPSA) is 41.4 Å². The minimum atomic E-state index is -0.729. The van der Waals surface area contributed by atoms with Crippen molar-refractivity contribution in [1.29, 1.82) is 0 Å². The lowest BCUT2D eigenvalue weighted by atomic mass is 10.1. The number of aryl methyl sites for hydroxylation is 1. The van der Waals surface area contributed by atoms with Gasteiger partial charge in [0.1, 0.15) is 17.3 Å². The molecule has 0 aliphatic carbocycles. The van der Waals surface area contributed by atoms with Gasteiger partial charge >= 0.3 is 0 Å². The summed E-state index contributed by atoms with van der Waals surface area (Å²) in [5.41, 5.74) is 1.95. The number of rotatable bonds is 4. The first-order valence-corrected chi connectivity index (χ1v) is 10.1. The molecule has 1 fully saturated rings. The van der Waals surface area contributed by atoms with E-state index in [1.54, 1.807) is 18.1 Å². The van der Waals surface area contributed by atoms with Gasteiger partial charge in [0.2, 0.25) is 0 Å². The highest BCUT2D eigenvalue weighted by atomic mass is 19.1. The van der Waals surface area contributed by atoms with Gasteiger partial charge in [0, 0.05) is 57.6 Å². The van der Waals surface area contributed by atoms with Crippen LogP contribution >= 0.6 is 0 Å². The fourth-order valence-electron chi connectivity index (χ4n) is 3.87. The van der Waals surface area contributed by atoms with Gasteiger partial charge in [-0.15, -0.1) is 0 Å². The molecular formula is C23H24F2N4O. The molecule has 3 aromatic rings. The van der Waals surface area contributed by atoms with E-state index in [1.807, 2.05) is 18.2 Å². The third-order valence-electron chi connectivity index (χ3n) is 5.37. The van der Waals surface area contributed by atoms with Crippen LogP contribution in [-0.4, -0.2) is 51.7 Å². The van der Waals surface area contributed by atoms with Crippen molar-refractivity contribution in [2.24, 2.45) is 7.05 Å². The summed E-state index contributed by atoms with van der Waals surface area (Å²) < 4.78 is 29.1. The van der Waals surface area contributed by atoms with E-state index in [4.69, 9.17) is 0 Å². The van der Waals surface area contributed by atoms with Crippen molar-refractivity contribution in [1.82, 2.24) is 19.6 Å². The van der Waals surface area contributed by atoms with Crippen LogP contribution in [0.3, 0.4) is 0 Å². The van der Waals surface area contributed by atoms with E-state index < -0.39 is 11.6 Å². The fourth-order valence-corrected chi connectivity index (χ4v) is 3.87. The van der Waals surface area contributed by atoms with Crippen molar-refractivity contribution < 1.29 is 13.6 Å². The second-order valence-corrected chi connectivity index (χ2v) is 7.60. The van der Waals surface area contributed by atoms with Gasteiger partial charge in [0.05, 0.1) is 5.56 Å². The van der Waals surface area contributed by atoms with Crippen LogP contribution in [0.5, 0.6) is 0 Å². The summed E-state index contributed by atoms with van der Waals surface area (Å²) in [4.78, 5) is 17.4. The molecule has 1 aromatic heterocycles. The van der Waals surface area contributed by atoms with Crippen LogP contribution in [0.4, 0.5) is 8.78 Å². The number of carbonyl (C=O) groups is 1. The second kappa shape index (κ2) is 8.75. The molecule has 0 spiro atoms. The normalized spacial score (nSPS) is 15.2. The molecule has 0 radical (unpaired) electrons. The van der Waals surface area contributed by atoms with Crippen LogP contribution in [-0.2, 0) is 13.6 Å². The second-order valence-electron chi connectivity index (χ2n) is 7.60. The molecule has 1 saturated heterocycles. The Morgan fingerprint density at radius 1 is 1.03 bits per heavy atom. The highest BCUT2D eigenvalue weighted by Crippen LogP contribution is 2.27. The molecule has 0 saturated carbocycles. The van der Waals surface area contributed by atoms with Gasteiger partial charge in [-0.1, -0.05) is 30.3 Å². The maximum atomic E-state index is 14.3. The number of hydrogen-bond acceptors (Lipinski definition) is 3. The van der Waals surface area contributed by atoms with Gasteiger partial charge in [-0.25, -0.2) is 8.78 Å². The molecule has 4 rings (SSSR count). The van der Waals surface area contributed by atoms with Crippen LogP contribution in [0.2, 0.25) is 0 Å². The van der Waals surface area contributed by atoms with Crippen molar-refractivity contribution in [2.75, 3.05) is 26.2 Å². The van der Waals surface area contributed by atoms with Crippen LogP contribution in [0.15, 0.2) is 54.7 Å². The summed E-state index contributed by atoms with van der Waals surface area (Å²) in [6.45, 7) is 3.74. The van der Waals surface area contributed by atoms with E-state index in [1.165, 1.54) is 22.4 Å². The van der Waals surface area contributed by atoms with Crippen molar-refractivity contribution in [3.05, 3.63) is 77.5 Å². The lowest BCUT2D eigenvalue weighted by molar-refractivity contribution is 0.0762. The summed E-state index contributed by atoms with van der Waals surface area (Å²) in [5, 5.41) is 4.28. The molecule has 5 nitrogen and oxygen atoms in total. The van der Waals surface area contributed by atoms with Gasteiger partial charge in [0.25, 0.3) is 5.91 Å². The van der Waals surface area contributed by atoms with Crippen molar-refractivity contribution in [3.63, 3.8) is 0 Å². The minimum Gasteiger partial charge on any atom is -0.337 e. The Morgan fingerprint density at radius 3 is 2.60 bits per heavy atom. The van der Waals surface area contributed by atoms with E-state index in [-0.39, 0.29) is 17.2 Å². The quantitative estimate of drug-likeness (QED) is 0.659. The third-order valence-corrected chi connectivity index (χ3v) is 5.37. The van der Waals surface area contributed by atoms with Crippen LogP contribution in [0, 0.1) is 11.6 Å². The molecule has 1 aliphatic rings. The summed E-state index contributed by atoms with van der Waals surface area (Å²) in [5.74, 6) is -1.57. The highest BCUT2D eigenvalue weighted by Gasteiger charge is 2.26. The summed E-state index contributed by atoms with van der Waals surface area (Å²) in [6.07, 6.45) is 2.46. The first kappa shape index (κ1) is 20.2. The summed E-state index contributed by atoms with van der Waals surface area (Å²) in [6, 6.07) is 13.6. The Labute approximate surface area is 174 Å². The lowest BCUT2D eigenvalue weighted by Crippen LogP contribution is -2.35. The molecule has 2 heterocycles. The first-order valence-electron chi connectivity index (χ1n) is 10.1. The average Bonchev–Trinajstić information content (AvgIpc) is 2.96. The van der Waals surface area contributed by atoms with Gasteiger partial charge in [-0.05, 0) is 24.1 Å². The molecule has 1 amide bonds. The van der Waals surface area contributed by atoms with E-state index in [0.717, 1.165) is 32.1 Å². The molecule has 2 aromatic carbocycles. The Kier molecular flexibility index (Phi) is 5.90. The van der Waals surface area contributed by atoms with E-state index in [0.29, 0.717) is 18.7 Å². The van der Waals surface area contributed by atoms with Crippen LogP contribution in [0.1, 0.15) is 22.3 Å². The van der Waals surface area contributed by atoms with Gasteiger partial charge < -0.3 is 4.90 Å². The first-order chi connectivity index (χ1) is 14.5. The number of hydrogen-bond donors (Lipinski definition) is 0. The maximum absolute atomic E-state index is 14.3. The SMILES string of the molecule is Cn1cc(C(=O)N2CCCN(Cc3ccccc3)CC2)c(-c2ccc(F)cc2F)n1. The number of amides is 1. The minimum absolute atomic E-state index is 0.126. The van der Waals surface area contributed by atoms with Gasteiger partial charge in [0.15, 0.2) is 0 Å². The number of carbonyl (C=O) groups excluding carboxylic acids is 1. The highest BCUT2D eigenvalue weighted by molar-refractivity contribution is 5.99. The molecule has 0 unspecified atom stereocenters. The van der Waals surface area contributed by atoms with Crippen molar-refractivity contribution >= 4 is 5.91 Å². The molecular weight excluding hydrogens is 386 g/mol. The van der Waals surface area contributed by atoms with E-state index in [9.17, 15) is 13.6 Å². The third kappa shape index (κ3) is 4.41. The smallest absolute Gasteiger partial charge is 0.257 e. The molecule has 0 N–H and O–H groups in total. The fraction of sp³-hybridized carbons (Fsp3) is 0.304. The zero-order valence-corrected chi connectivity index (χ0v) is 16.9.